The Kier molecular flexibility index (Phi) is 3.36. The van der Waals surface area contributed by atoms with Gasteiger partial charge in [0.05, 0.1) is 5.25 Å². The molecule has 4 rings (SSSR count). The number of fused-ring (bicyclic) bond motifs is 2. The predicted octanol–water partition coefficient (Wildman–Crippen LogP) is 6.01. The molecule has 0 heterocycles. The van der Waals surface area contributed by atoms with Crippen LogP contribution in [0.5, 0.6) is 0 Å². The maximum Gasteiger partial charge on any atom is 0.0516 e. The molecule has 0 saturated heterocycles. The third kappa shape index (κ3) is 2.38. The molecule has 4 aromatic rings. The Morgan fingerprint density at radius 1 is 0.500 bits per heavy atom. The molecule has 0 saturated carbocycles. The zero-order valence-corrected chi connectivity index (χ0v) is 13.0. The van der Waals surface area contributed by atoms with Gasteiger partial charge in [-0.3, -0.25) is 0 Å². The van der Waals surface area contributed by atoms with Crippen LogP contribution in [0.1, 0.15) is 16.4 Å². The predicted molar refractivity (Wildman–Crippen MR) is 98.7 cm³/mol. The molecule has 0 amide bonds. The van der Waals surface area contributed by atoms with Crippen LogP contribution in [0.3, 0.4) is 0 Å². The molecule has 0 aliphatic rings. The first-order valence-electron chi connectivity index (χ1n) is 7.47. The van der Waals surface area contributed by atoms with E-state index in [9.17, 15) is 0 Å². The molecule has 0 radical (unpaired) electrons. The molecule has 0 bridgehead atoms. The molecule has 0 aliphatic heterocycles. The van der Waals surface area contributed by atoms with Gasteiger partial charge in [-0.2, -0.15) is 12.6 Å². The number of hydrogen-bond acceptors (Lipinski definition) is 1. The topological polar surface area (TPSA) is 0 Å². The number of benzene rings is 4. The van der Waals surface area contributed by atoms with Gasteiger partial charge in [-0.05, 0) is 50.9 Å². The van der Waals surface area contributed by atoms with E-state index >= 15 is 0 Å². The van der Waals surface area contributed by atoms with E-state index in [1.807, 2.05) is 6.07 Å². The first kappa shape index (κ1) is 13.4. The summed E-state index contributed by atoms with van der Waals surface area (Å²) in [5, 5.41) is 5.22. The van der Waals surface area contributed by atoms with Crippen LogP contribution in [0, 0.1) is 0 Å². The lowest BCUT2D eigenvalue weighted by Crippen LogP contribution is -1.93. The van der Waals surface area contributed by atoms with Crippen LogP contribution in [0.2, 0.25) is 0 Å². The van der Waals surface area contributed by atoms with E-state index in [-0.39, 0.29) is 5.25 Å². The SMILES string of the molecule is SC(c1ccccc1)c1ccc2cc3ccccc3cc2c1. The minimum absolute atomic E-state index is 0.108. The van der Waals surface area contributed by atoms with Crippen molar-refractivity contribution in [3.05, 3.63) is 96.1 Å². The van der Waals surface area contributed by atoms with Crippen LogP contribution >= 0.6 is 12.6 Å². The summed E-state index contributed by atoms with van der Waals surface area (Å²) < 4.78 is 0. The zero-order chi connectivity index (χ0) is 14.9. The van der Waals surface area contributed by atoms with E-state index in [1.165, 1.54) is 32.7 Å². The molecule has 0 aromatic heterocycles. The molecule has 1 atom stereocenters. The van der Waals surface area contributed by atoms with Crippen molar-refractivity contribution < 1.29 is 0 Å². The number of rotatable bonds is 2. The van der Waals surface area contributed by atoms with E-state index in [4.69, 9.17) is 12.6 Å². The zero-order valence-electron chi connectivity index (χ0n) is 12.1. The minimum atomic E-state index is 0.108. The van der Waals surface area contributed by atoms with Crippen molar-refractivity contribution in [2.45, 2.75) is 5.25 Å². The van der Waals surface area contributed by atoms with E-state index < -0.39 is 0 Å². The van der Waals surface area contributed by atoms with Gasteiger partial charge in [0.1, 0.15) is 0 Å². The summed E-state index contributed by atoms with van der Waals surface area (Å²) in [6.45, 7) is 0. The molecule has 0 aliphatic carbocycles. The second kappa shape index (κ2) is 5.51. The molecule has 22 heavy (non-hydrogen) atoms. The molecule has 0 N–H and O–H groups in total. The van der Waals surface area contributed by atoms with Gasteiger partial charge in [-0.1, -0.05) is 66.7 Å². The third-order valence-electron chi connectivity index (χ3n) is 4.16. The molecule has 1 unspecified atom stereocenters. The van der Waals surface area contributed by atoms with Crippen LogP contribution < -0.4 is 0 Å². The van der Waals surface area contributed by atoms with Crippen LogP contribution in [0.15, 0.2) is 84.9 Å². The Morgan fingerprint density at radius 2 is 1.09 bits per heavy atom. The molecule has 106 valence electrons. The average Bonchev–Trinajstić information content (AvgIpc) is 2.59. The van der Waals surface area contributed by atoms with Gasteiger partial charge >= 0.3 is 0 Å². The van der Waals surface area contributed by atoms with Crippen LogP contribution in [-0.2, 0) is 0 Å². The fourth-order valence-corrected chi connectivity index (χ4v) is 3.29. The standard InChI is InChI=1S/C21H16S/c22-21(15-6-2-1-3-7-15)19-11-10-18-12-16-8-4-5-9-17(16)13-20(18)14-19/h1-14,21-22H. The summed E-state index contributed by atoms with van der Waals surface area (Å²) >= 11 is 4.81. The average molecular weight is 300 g/mol. The Labute approximate surface area is 135 Å². The van der Waals surface area contributed by atoms with Crippen molar-refractivity contribution >= 4 is 34.2 Å². The Morgan fingerprint density at radius 3 is 1.82 bits per heavy atom. The first-order chi connectivity index (χ1) is 10.8. The lowest BCUT2D eigenvalue weighted by molar-refractivity contribution is 1.17. The van der Waals surface area contributed by atoms with E-state index in [1.54, 1.807) is 0 Å². The summed E-state index contributed by atoms with van der Waals surface area (Å²) in [5.74, 6) is 0. The normalized spacial score (nSPS) is 12.6. The van der Waals surface area contributed by atoms with E-state index in [0.29, 0.717) is 0 Å². The summed E-state index contributed by atoms with van der Waals surface area (Å²) in [6.07, 6.45) is 0. The maximum absolute atomic E-state index is 4.81. The lowest BCUT2D eigenvalue weighted by atomic mass is 9.98. The Bertz CT molecular complexity index is 941. The van der Waals surface area contributed by atoms with Gasteiger partial charge in [-0.15, -0.1) is 0 Å². The van der Waals surface area contributed by atoms with Crippen molar-refractivity contribution in [1.82, 2.24) is 0 Å². The van der Waals surface area contributed by atoms with E-state index in [2.05, 4.69) is 78.9 Å². The molecule has 0 fully saturated rings. The van der Waals surface area contributed by atoms with Crippen molar-refractivity contribution in [3.8, 4) is 0 Å². The fraction of sp³-hybridized carbons (Fsp3) is 0.0476. The van der Waals surface area contributed by atoms with Crippen molar-refractivity contribution in [3.63, 3.8) is 0 Å². The number of hydrogen-bond donors (Lipinski definition) is 1. The summed E-state index contributed by atoms with van der Waals surface area (Å²) in [4.78, 5) is 0. The van der Waals surface area contributed by atoms with Gasteiger partial charge in [0, 0.05) is 0 Å². The minimum Gasteiger partial charge on any atom is -0.166 e. The quantitative estimate of drug-likeness (QED) is 0.340. The Hall–Kier alpha value is -2.25. The monoisotopic (exact) mass is 300 g/mol. The highest BCUT2D eigenvalue weighted by atomic mass is 32.1. The van der Waals surface area contributed by atoms with Crippen molar-refractivity contribution in [1.29, 1.82) is 0 Å². The third-order valence-corrected chi connectivity index (χ3v) is 4.76. The number of thiol groups is 1. The van der Waals surface area contributed by atoms with Crippen LogP contribution in [-0.4, -0.2) is 0 Å². The highest BCUT2D eigenvalue weighted by Crippen LogP contribution is 2.31. The fourth-order valence-electron chi connectivity index (χ4n) is 2.96. The largest absolute Gasteiger partial charge is 0.166 e. The van der Waals surface area contributed by atoms with Gasteiger partial charge in [0.15, 0.2) is 0 Å². The molecular weight excluding hydrogens is 284 g/mol. The van der Waals surface area contributed by atoms with Crippen molar-refractivity contribution in [2.24, 2.45) is 0 Å². The van der Waals surface area contributed by atoms with Gasteiger partial charge in [0.25, 0.3) is 0 Å². The highest BCUT2D eigenvalue weighted by molar-refractivity contribution is 7.80. The van der Waals surface area contributed by atoms with Gasteiger partial charge in [0.2, 0.25) is 0 Å². The lowest BCUT2D eigenvalue weighted by Gasteiger charge is -2.13. The molecule has 0 spiro atoms. The van der Waals surface area contributed by atoms with Crippen LogP contribution in [0.25, 0.3) is 21.5 Å². The molecular formula is C21H16S. The van der Waals surface area contributed by atoms with Gasteiger partial charge in [-0.25, -0.2) is 0 Å². The second-order valence-corrected chi connectivity index (χ2v) is 6.14. The highest BCUT2D eigenvalue weighted by Gasteiger charge is 2.09. The molecule has 1 heteroatoms. The smallest absolute Gasteiger partial charge is 0.0516 e. The summed E-state index contributed by atoms with van der Waals surface area (Å²) in [5.41, 5.74) is 2.46. The molecule has 4 aromatic carbocycles. The summed E-state index contributed by atoms with van der Waals surface area (Å²) in [7, 11) is 0. The second-order valence-electron chi connectivity index (χ2n) is 5.62. The molecule has 0 nitrogen and oxygen atoms in total. The van der Waals surface area contributed by atoms with Crippen molar-refractivity contribution in [2.75, 3.05) is 0 Å². The summed E-state index contributed by atoms with van der Waals surface area (Å²) in [6, 6.07) is 30.1. The van der Waals surface area contributed by atoms with Crippen LogP contribution in [0.4, 0.5) is 0 Å². The Balaban J connectivity index is 1.84. The van der Waals surface area contributed by atoms with Gasteiger partial charge < -0.3 is 0 Å². The maximum atomic E-state index is 4.81. The van der Waals surface area contributed by atoms with E-state index in [0.717, 1.165) is 0 Å². The first-order valence-corrected chi connectivity index (χ1v) is 7.98.